The second-order valence-electron chi connectivity index (χ2n) is 5.06. The Hall–Kier alpha value is -2.31. The van der Waals surface area contributed by atoms with Gasteiger partial charge >= 0.3 is 0 Å². The van der Waals surface area contributed by atoms with Crippen molar-refractivity contribution in [3.63, 3.8) is 0 Å². The molecular formula is C18H21N3. The second kappa shape index (κ2) is 8.08. The molecule has 0 aromatic heterocycles. The number of nitriles is 1. The zero-order valence-corrected chi connectivity index (χ0v) is 12.4. The van der Waals surface area contributed by atoms with Crippen LogP contribution in [0.2, 0.25) is 0 Å². The number of hydrogen-bond donors (Lipinski definition) is 1. The number of nitrogens with one attached hydrogen (secondary N) is 1. The van der Waals surface area contributed by atoms with Gasteiger partial charge in [-0.15, -0.1) is 0 Å². The lowest BCUT2D eigenvalue weighted by Gasteiger charge is -2.19. The second-order valence-corrected chi connectivity index (χ2v) is 5.06. The molecule has 0 saturated carbocycles. The van der Waals surface area contributed by atoms with Crippen molar-refractivity contribution < 1.29 is 0 Å². The Morgan fingerprint density at radius 2 is 1.76 bits per heavy atom. The van der Waals surface area contributed by atoms with E-state index in [4.69, 9.17) is 5.26 Å². The number of benzene rings is 2. The molecule has 2 aromatic rings. The summed E-state index contributed by atoms with van der Waals surface area (Å²) in [5.74, 6) is 0. The predicted molar refractivity (Wildman–Crippen MR) is 87.2 cm³/mol. The highest BCUT2D eigenvalue weighted by atomic mass is 15.1. The Kier molecular flexibility index (Phi) is 5.81. The van der Waals surface area contributed by atoms with Crippen LogP contribution in [0, 0.1) is 11.3 Å². The van der Waals surface area contributed by atoms with Gasteiger partial charge in [0.2, 0.25) is 0 Å². The Bertz CT molecular complexity index is 587. The number of anilines is 1. The molecule has 3 heteroatoms. The fraction of sp³-hybridized carbons (Fsp3) is 0.278. The average Bonchev–Trinajstić information content (AvgIpc) is 2.55. The lowest BCUT2D eigenvalue weighted by Crippen LogP contribution is -2.23. The first-order valence-electron chi connectivity index (χ1n) is 7.26. The molecule has 0 aliphatic heterocycles. The number of nitrogens with zero attached hydrogens (tertiary/aromatic N) is 2. The molecule has 0 radical (unpaired) electrons. The van der Waals surface area contributed by atoms with Gasteiger partial charge in [0, 0.05) is 25.8 Å². The average molecular weight is 279 g/mol. The van der Waals surface area contributed by atoms with Crippen molar-refractivity contribution in [2.24, 2.45) is 0 Å². The van der Waals surface area contributed by atoms with E-state index in [2.05, 4.69) is 47.6 Å². The molecule has 0 aliphatic carbocycles. The molecule has 0 unspecified atom stereocenters. The van der Waals surface area contributed by atoms with Crippen LogP contribution in [-0.2, 0) is 6.54 Å². The van der Waals surface area contributed by atoms with Gasteiger partial charge in [-0.25, -0.2) is 0 Å². The van der Waals surface area contributed by atoms with Crippen LogP contribution >= 0.6 is 0 Å². The van der Waals surface area contributed by atoms with Crippen LogP contribution < -0.4 is 10.2 Å². The molecule has 1 N–H and O–H groups in total. The van der Waals surface area contributed by atoms with Gasteiger partial charge in [-0.2, -0.15) is 5.26 Å². The Balaban J connectivity index is 1.70. The van der Waals surface area contributed by atoms with E-state index in [1.807, 2.05) is 30.3 Å². The summed E-state index contributed by atoms with van der Waals surface area (Å²) in [6.45, 7) is 2.70. The van der Waals surface area contributed by atoms with E-state index in [1.54, 1.807) is 0 Å². The zero-order chi connectivity index (χ0) is 14.9. The third kappa shape index (κ3) is 4.62. The first-order chi connectivity index (χ1) is 10.3. The molecule has 0 atom stereocenters. The monoisotopic (exact) mass is 279 g/mol. The summed E-state index contributed by atoms with van der Waals surface area (Å²) in [4.78, 5) is 2.25. The fourth-order valence-corrected chi connectivity index (χ4v) is 2.26. The van der Waals surface area contributed by atoms with E-state index in [0.29, 0.717) is 0 Å². The molecular weight excluding hydrogens is 258 g/mol. The maximum absolute atomic E-state index is 9.04. The van der Waals surface area contributed by atoms with Crippen LogP contribution in [-0.4, -0.2) is 20.1 Å². The van der Waals surface area contributed by atoms with Crippen LogP contribution in [0.4, 0.5) is 5.69 Å². The van der Waals surface area contributed by atoms with E-state index in [1.165, 1.54) is 5.69 Å². The summed E-state index contributed by atoms with van der Waals surface area (Å²) < 4.78 is 0. The molecule has 21 heavy (non-hydrogen) atoms. The first kappa shape index (κ1) is 15.1. The van der Waals surface area contributed by atoms with E-state index < -0.39 is 0 Å². The van der Waals surface area contributed by atoms with Gasteiger partial charge in [0.25, 0.3) is 0 Å². The third-order valence-electron chi connectivity index (χ3n) is 3.50. The van der Waals surface area contributed by atoms with Crippen LogP contribution in [0.1, 0.15) is 17.5 Å². The van der Waals surface area contributed by atoms with Gasteiger partial charge in [0.05, 0.1) is 11.6 Å². The van der Waals surface area contributed by atoms with Crippen molar-refractivity contribution >= 4 is 5.69 Å². The fourth-order valence-electron chi connectivity index (χ4n) is 2.26. The van der Waals surface area contributed by atoms with Crippen molar-refractivity contribution in [1.29, 1.82) is 5.26 Å². The topological polar surface area (TPSA) is 39.1 Å². The molecule has 2 rings (SSSR count). The summed E-state index contributed by atoms with van der Waals surface area (Å²) in [5, 5.41) is 12.4. The summed E-state index contributed by atoms with van der Waals surface area (Å²) in [5.41, 5.74) is 3.06. The zero-order valence-electron chi connectivity index (χ0n) is 12.4. The van der Waals surface area contributed by atoms with Gasteiger partial charge in [0.1, 0.15) is 0 Å². The van der Waals surface area contributed by atoms with E-state index in [9.17, 15) is 0 Å². The molecule has 0 bridgehead atoms. The van der Waals surface area contributed by atoms with Gasteiger partial charge in [-0.3, -0.25) is 0 Å². The minimum Gasteiger partial charge on any atom is -0.375 e. The Morgan fingerprint density at radius 1 is 1.05 bits per heavy atom. The summed E-state index contributed by atoms with van der Waals surface area (Å²) >= 11 is 0. The molecule has 0 fully saturated rings. The minimum absolute atomic E-state index is 0.749. The number of para-hydroxylation sites is 1. The van der Waals surface area contributed by atoms with Gasteiger partial charge in [0.15, 0.2) is 0 Å². The van der Waals surface area contributed by atoms with Crippen LogP contribution in [0.3, 0.4) is 0 Å². The largest absolute Gasteiger partial charge is 0.375 e. The standard InChI is InChI=1S/C18H21N3/c1-21(18-10-3-2-4-11-18)13-7-12-20-15-17-9-6-5-8-16(17)14-19/h2-6,8-11,20H,7,12-13,15H2,1H3. The van der Waals surface area contributed by atoms with E-state index in [-0.39, 0.29) is 0 Å². The van der Waals surface area contributed by atoms with Crippen molar-refractivity contribution in [2.45, 2.75) is 13.0 Å². The van der Waals surface area contributed by atoms with Gasteiger partial charge in [-0.05, 0) is 36.7 Å². The first-order valence-corrected chi connectivity index (χ1v) is 7.26. The quantitative estimate of drug-likeness (QED) is 0.791. The summed E-state index contributed by atoms with van der Waals surface area (Å²) in [7, 11) is 2.11. The molecule has 0 saturated heterocycles. The summed E-state index contributed by atoms with van der Waals surface area (Å²) in [6.07, 6.45) is 1.07. The van der Waals surface area contributed by atoms with Crippen LogP contribution in [0.5, 0.6) is 0 Å². The maximum Gasteiger partial charge on any atom is 0.0995 e. The third-order valence-corrected chi connectivity index (χ3v) is 3.50. The minimum atomic E-state index is 0.749. The predicted octanol–water partition coefficient (Wildman–Crippen LogP) is 3.17. The number of rotatable bonds is 7. The Morgan fingerprint density at radius 3 is 2.52 bits per heavy atom. The van der Waals surface area contributed by atoms with Gasteiger partial charge in [-0.1, -0.05) is 36.4 Å². The molecule has 0 aliphatic rings. The highest BCUT2D eigenvalue weighted by Crippen LogP contribution is 2.11. The Labute approximate surface area is 126 Å². The van der Waals surface area contributed by atoms with Crippen LogP contribution in [0.25, 0.3) is 0 Å². The van der Waals surface area contributed by atoms with E-state index in [0.717, 1.165) is 37.2 Å². The van der Waals surface area contributed by atoms with Crippen LogP contribution in [0.15, 0.2) is 54.6 Å². The smallest absolute Gasteiger partial charge is 0.0995 e. The summed E-state index contributed by atoms with van der Waals surface area (Å²) in [6, 6.07) is 20.4. The number of hydrogen-bond acceptors (Lipinski definition) is 3. The molecule has 0 spiro atoms. The molecule has 0 amide bonds. The highest BCUT2D eigenvalue weighted by Gasteiger charge is 2.01. The van der Waals surface area contributed by atoms with Crippen molar-refractivity contribution in [2.75, 3.05) is 25.0 Å². The highest BCUT2D eigenvalue weighted by molar-refractivity contribution is 5.44. The van der Waals surface area contributed by atoms with Crippen molar-refractivity contribution in [3.8, 4) is 6.07 Å². The lowest BCUT2D eigenvalue weighted by molar-refractivity contribution is 0.645. The van der Waals surface area contributed by atoms with Crippen molar-refractivity contribution in [1.82, 2.24) is 5.32 Å². The SMILES string of the molecule is CN(CCCNCc1ccccc1C#N)c1ccccc1. The molecule has 3 nitrogen and oxygen atoms in total. The lowest BCUT2D eigenvalue weighted by atomic mass is 10.1. The molecule has 0 heterocycles. The maximum atomic E-state index is 9.04. The van der Waals surface area contributed by atoms with Crippen molar-refractivity contribution in [3.05, 3.63) is 65.7 Å². The van der Waals surface area contributed by atoms with E-state index >= 15 is 0 Å². The molecule has 2 aromatic carbocycles. The normalized spacial score (nSPS) is 10.1. The van der Waals surface area contributed by atoms with Gasteiger partial charge < -0.3 is 10.2 Å². The molecule has 108 valence electrons.